The Morgan fingerprint density at radius 1 is 1.08 bits per heavy atom. The molecule has 2 aliphatic rings. The normalized spacial score (nSPS) is 20.3. The van der Waals surface area contributed by atoms with E-state index in [1.54, 1.807) is 24.3 Å². The van der Waals surface area contributed by atoms with E-state index in [0.717, 1.165) is 18.6 Å². The Morgan fingerprint density at radius 3 is 2.31 bits per heavy atom. The molecule has 0 unspecified atom stereocenters. The first-order chi connectivity index (χ1) is 12.6. The van der Waals surface area contributed by atoms with Crippen LogP contribution in [0.2, 0.25) is 0 Å². The molecule has 142 valence electrons. The lowest BCUT2D eigenvalue weighted by Crippen LogP contribution is -2.53. The first-order valence-corrected chi connectivity index (χ1v) is 9.03. The second-order valence-electron chi connectivity index (χ2n) is 6.87. The van der Waals surface area contributed by atoms with Gasteiger partial charge in [-0.05, 0) is 37.1 Å². The Labute approximate surface area is 152 Å². The lowest BCUT2D eigenvalue weighted by Gasteiger charge is -2.36. The Balaban J connectivity index is 1.62. The lowest BCUT2D eigenvalue weighted by molar-refractivity contribution is -0.139. The number of hydrogen-bond donors (Lipinski definition) is 2. The molecular weight excluding hydrogens is 338 g/mol. The van der Waals surface area contributed by atoms with Crippen molar-refractivity contribution in [2.75, 3.05) is 26.4 Å². The van der Waals surface area contributed by atoms with Crippen molar-refractivity contribution in [3.8, 4) is 5.75 Å². The number of amides is 1. The second-order valence-corrected chi connectivity index (χ2v) is 6.87. The molecule has 3 rings (SSSR count). The predicted octanol–water partition coefficient (Wildman–Crippen LogP) is 2.00. The summed E-state index contributed by atoms with van der Waals surface area (Å²) in [5.74, 6) is -0.474. The van der Waals surface area contributed by atoms with E-state index in [2.05, 4.69) is 5.32 Å². The first kappa shape index (κ1) is 18.7. The fraction of sp³-hybridized carbons (Fsp3) is 0.579. The van der Waals surface area contributed by atoms with Gasteiger partial charge >= 0.3 is 5.97 Å². The second kappa shape index (κ2) is 8.51. The number of ether oxygens (including phenoxy) is 3. The third-order valence-corrected chi connectivity index (χ3v) is 4.91. The van der Waals surface area contributed by atoms with E-state index in [4.69, 9.17) is 14.2 Å². The molecule has 0 bridgehead atoms. The van der Waals surface area contributed by atoms with Gasteiger partial charge in [-0.1, -0.05) is 0 Å². The average Bonchev–Trinajstić information content (AvgIpc) is 2.63. The third kappa shape index (κ3) is 4.95. The highest BCUT2D eigenvalue weighted by molar-refractivity contribution is 5.95. The maximum Gasteiger partial charge on any atom is 0.305 e. The van der Waals surface area contributed by atoms with E-state index < -0.39 is 11.5 Å². The molecular formula is C19H25NO6. The summed E-state index contributed by atoms with van der Waals surface area (Å²) in [5.41, 5.74) is -0.265. The fourth-order valence-electron chi connectivity index (χ4n) is 3.38. The van der Waals surface area contributed by atoms with Gasteiger partial charge in [0.05, 0.1) is 25.2 Å². The van der Waals surface area contributed by atoms with Crippen molar-refractivity contribution in [1.82, 2.24) is 5.32 Å². The number of hydrogen-bond acceptors (Lipinski definition) is 5. The monoisotopic (exact) mass is 363 g/mol. The maximum absolute atomic E-state index is 12.6. The zero-order valence-electron chi connectivity index (χ0n) is 14.7. The summed E-state index contributed by atoms with van der Waals surface area (Å²) in [5, 5.41) is 12.1. The van der Waals surface area contributed by atoms with Crippen LogP contribution >= 0.6 is 0 Å². The van der Waals surface area contributed by atoms with E-state index in [1.807, 2.05) is 0 Å². The number of carbonyl (C=O) groups excluding carboxylic acids is 1. The maximum atomic E-state index is 12.6. The van der Waals surface area contributed by atoms with Gasteiger partial charge in [-0.25, -0.2) is 0 Å². The molecule has 0 radical (unpaired) electrons. The number of carboxylic acid groups (broad SMARTS) is 1. The van der Waals surface area contributed by atoms with Crippen LogP contribution in [0, 0.1) is 0 Å². The van der Waals surface area contributed by atoms with Gasteiger partial charge in [-0.3, -0.25) is 9.59 Å². The van der Waals surface area contributed by atoms with E-state index in [-0.39, 0.29) is 18.4 Å². The van der Waals surface area contributed by atoms with Crippen LogP contribution in [0.4, 0.5) is 0 Å². The minimum absolute atomic E-state index is 0.104. The molecule has 26 heavy (non-hydrogen) atoms. The first-order valence-electron chi connectivity index (χ1n) is 9.03. The Bertz CT molecular complexity index is 617. The molecule has 2 aliphatic heterocycles. The van der Waals surface area contributed by atoms with Crippen molar-refractivity contribution in [2.24, 2.45) is 0 Å². The average molecular weight is 363 g/mol. The van der Waals surface area contributed by atoms with E-state index in [1.165, 1.54) is 0 Å². The van der Waals surface area contributed by atoms with Crippen LogP contribution in [-0.2, 0) is 14.3 Å². The Kier molecular flexibility index (Phi) is 6.11. The molecule has 7 heteroatoms. The van der Waals surface area contributed by atoms with Crippen LogP contribution < -0.4 is 10.1 Å². The van der Waals surface area contributed by atoms with Gasteiger partial charge in [0.1, 0.15) is 11.9 Å². The standard InChI is InChI=1S/C19H25NO6/c21-17(22)13-19(7-11-25-12-8-19)20-18(23)14-1-3-15(4-2-14)26-16-5-9-24-10-6-16/h1-4,16H,5-13H2,(H,20,23)(H,21,22). The van der Waals surface area contributed by atoms with E-state index >= 15 is 0 Å². The Hall–Kier alpha value is -2.12. The molecule has 0 saturated carbocycles. The largest absolute Gasteiger partial charge is 0.490 e. The molecule has 2 heterocycles. The molecule has 0 atom stereocenters. The van der Waals surface area contributed by atoms with Crippen LogP contribution in [0.3, 0.4) is 0 Å². The summed E-state index contributed by atoms with van der Waals surface area (Å²) in [7, 11) is 0. The quantitative estimate of drug-likeness (QED) is 0.803. The summed E-state index contributed by atoms with van der Waals surface area (Å²) in [6, 6.07) is 6.96. The number of benzene rings is 1. The van der Waals surface area contributed by atoms with Crippen LogP contribution in [0.5, 0.6) is 5.75 Å². The van der Waals surface area contributed by atoms with Crippen molar-refractivity contribution in [2.45, 2.75) is 43.7 Å². The molecule has 7 nitrogen and oxygen atoms in total. The zero-order valence-corrected chi connectivity index (χ0v) is 14.7. The summed E-state index contributed by atoms with van der Waals surface area (Å²) >= 11 is 0. The van der Waals surface area contributed by atoms with Crippen molar-refractivity contribution >= 4 is 11.9 Å². The molecule has 1 aromatic carbocycles. The molecule has 0 spiro atoms. The Morgan fingerprint density at radius 2 is 1.69 bits per heavy atom. The van der Waals surface area contributed by atoms with E-state index in [0.29, 0.717) is 44.8 Å². The molecule has 2 N–H and O–H groups in total. The number of carbonyl (C=O) groups is 2. The topological polar surface area (TPSA) is 94.1 Å². The van der Waals surface area contributed by atoms with Crippen LogP contribution in [0.1, 0.15) is 42.5 Å². The van der Waals surface area contributed by atoms with E-state index in [9.17, 15) is 14.7 Å². The minimum Gasteiger partial charge on any atom is -0.490 e. The number of nitrogens with one attached hydrogen (secondary N) is 1. The fourth-order valence-corrected chi connectivity index (χ4v) is 3.38. The van der Waals surface area contributed by atoms with Gasteiger partial charge in [-0.15, -0.1) is 0 Å². The lowest BCUT2D eigenvalue weighted by atomic mass is 9.86. The van der Waals surface area contributed by atoms with Gasteiger partial charge in [0.15, 0.2) is 0 Å². The van der Waals surface area contributed by atoms with Gasteiger partial charge in [-0.2, -0.15) is 0 Å². The van der Waals surface area contributed by atoms with Crippen LogP contribution in [0.15, 0.2) is 24.3 Å². The van der Waals surface area contributed by atoms with Gasteiger partial charge in [0.25, 0.3) is 5.91 Å². The van der Waals surface area contributed by atoms with Gasteiger partial charge in [0, 0.05) is 31.6 Å². The minimum atomic E-state index is -0.924. The van der Waals surface area contributed by atoms with Crippen LogP contribution in [-0.4, -0.2) is 55.1 Å². The SMILES string of the molecule is O=C(O)CC1(NC(=O)c2ccc(OC3CCOCC3)cc2)CCOCC1. The highest BCUT2D eigenvalue weighted by Gasteiger charge is 2.36. The zero-order chi connectivity index (χ0) is 18.4. The summed E-state index contributed by atoms with van der Waals surface area (Å²) in [6.07, 6.45) is 2.76. The highest BCUT2D eigenvalue weighted by atomic mass is 16.5. The molecule has 2 fully saturated rings. The molecule has 1 amide bonds. The summed E-state index contributed by atoms with van der Waals surface area (Å²) < 4.78 is 16.5. The molecule has 0 aliphatic carbocycles. The number of carboxylic acids is 1. The van der Waals surface area contributed by atoms with Crippen molar-refractivity contribution in [1.29, 1.82) is 0 Å². The number of aliphatic carboxylic acids is 1. The smallest absolute Gasteiger partial charge is 0.305 e. The molecule has 1 aromatic rings. The number of rotatable bonds is 6. The van der Waals surface area contributed by atoms with Gasteiger partial charge < -0.3 is 24.6 Å². The summed E-state index contributed by atoms with van der Waals surface area (Å²) in [6.45, 7) is 2.32. The van der Waals surface area contributed by atoms with Crippen molar-refractivity contribution in [3.63, 3.8) is 0 Å². The third-order valence-electron chi connectivity index (χ3n) is 4.91. The molecule has 2 saturated heterocycles. The van der Waals surface area contributed by atoms with Gasteiger partial charge in [0.2, 0.25) is 0 Å². The van der Waals surface area contributed by atoms with Crippen molar-refractivity contribution in [3.05, 3.63) is 29.8 Å². The molecule has 0 aromatic heterocycles. The predicted molar refractivity (Wildman–Crippen MR) is 93.4 cm³/mol. The highest BCUT2D eigenvalue weighted by Crippen LogP contribution is 2.26. The summed E-state index contributed by atoms with van der Waals surface area (Å²) in [4.78, 5) is 23.8. The van der Waals surface area contributed by atoms with Crippen LogP contribution in [0.25, 0.3) is 0 Å². The van der Waals surface area contributed by atoms with Crippen molar-refractivity contribution < 1.29 is 28.9 Å².